The van der Waals surface area contributed by atoms with Crippen molar-refractivity contribution < 1.29 is 8.78 Å². The molecule has 0 fully saturated rings. The maximum absolute atomic E-state index is 14.5. The van der Waals surface area contributed by atoms with Gasteiger partial charge in [-0.3, -0.25) is 0 Å². The first-order valence-electron chi connectivity index (χ1n) is 12.2. The van der Waals surface area contributed by atoms with E-state index in [1.165, 1.54) is 50.5 Å². The molecule has 0 saturated carbocycles. The highest BCUT2D eigenvalue weighted by molar-refractivity contribution is 5.50. The molecule has 35 heavy (non-hydrogen) atoms. The predicted molar refractivity (Wildman–Crippen MR) is 138 cm³/mol. The zero-order valence-electron chi connectivity index (χ0n) is 20.1. The first-order valence-corrected chi connectivity index (χ1v) is 12.2. The SMILES string of the molecule is CCCCCCCCCc1ccc(C#Cc2cc(F)c(C#Cc3ccc(C#N)cc3)cc2F)cc1. The lowest BCUT2D eigenvalue weighted by Crippen LogP contribution is -1.92. The molecule has 1 nitrogen and oxygen atoms in total. The highest BCUT2D eigenvalue weighted by Crippen LogP contribution is 2.15. The molecule has 176 valence electrons. The zero-order valence-corrected chi connectivity index (χ0v) is 20.1. The summed E-state index contributed by atoms with van der Waals surface area (Å²) >= 11 is 0. The predicted octanol–water partition coefficient (Wildman–Crippen LogP) is 7.93. The number of benzene rings is 3. The third-order valence-electron chi connectivity index (χ3n) is 5.78. The monoisotopic (exact) mass is 465 g/mol. The van der Waals surface area contributed by atoms with Gasteiger partial charge >= 0.3 is 0 Å². The molecule has 0 bridgehead atoms. The fourth-order valence-corrected chi connectivity index (χ4v) is 3.69. The van der Waals surface area contributed by atoms with Gasteiger partial charge < -0.3 is 0 Å². The van der Waals surface area contributed by atoms with E-state index in [1.54, 1.807) is 24.3 Å². The Bertz CT molecular complexity index is 1270. The molecule has 0 radical (unpaired) electrons. The summed E-state index contributed by atoms with van der Waals surface area (Å²) in [5, 5.41) is 8.84. The molecule has 3 heteroatoms. The fraction of sp³-hybridized carbons (Fsp3) is 0.281. The summed E-state index contributed by atoms with van der Waals surface area (Å²) in [5.41, 5.74) is 3.12. The van der Waals surface area contributed by atoms with Gasteiger partial charge in [-0.2, -0.15) is 5.26 Å². The third-order valence-corrected chi connectivity index (χ3v) is 5.78. The Balaban J connectivity index is 1.59. The number of hydrogen-bond acceptors (Lipinski definition) is 1. The molecule has 0 spiro atoms. The fourth-order valence-electron chi connectivity index (χ4n) is 3.69. The number of aryl methyl sites for hydroxylation is 1. The molecule has 0 unspecified atom stereocenters. The molecule has 0 aliphatic heterocycles. The van der Waals surface area contributed by atoms with E-state index in [-0.39, 0.29) is 11.1 Å². The van der Waals surface area contributed by atoms with Gasteiger partial charge in [0, 0.05) is 11.1 Å². The Morgan fingerprint density at radius 1 is 0.600 bits per heavy atom. The van der Waals surface area contributed by atoms with Gasteiger partial charge in [0.05, 0.1) is 22.8 Å². The second kappa shape index (κ2) is 13.7. The van der Waals surface area contributed by atoms with Gasteiger partial charge in [0.1, 0.15) is 11.6 Å². The molecule has 3 aromatic carbocycles. The van der Waals surface area contributed by atoms with Crippen LogP contribution in [-0.4, -0.2) is 0 Å². The lowest BCUT2D eigenvalue weighted by molar-refractivity contribution is 0.589. The van der Waals surface area contributed by atoms with Crippen molar-refractivity contribution >= 4 is 0 Å². The molecule has 0 N–H and O–H groups in total. The van der Waals surface area contributed by atoms with Crippen LogP contribution in [0.15, 0.2) is 60.7 Å². The van der Waals surface area contributed by atoms with Crippen molar-refractivity contribution in [3.05, 3.63) is 106 Å². The summed E-state index contributed by atoms with van der Waals surface area (Å²) in [7, 11) is 0. The molecule has 0 atom stereocenters. The average Bonchev–Trinajstić information content (AvgIpc) is 2.88. The largest absolute Gasteiger partial charge is 0.206 e. The van der Waals surface area contributed by atoms with Gasteiger partial charge in [-0.05, 0) is 66.9 Å². The van der Waals surface area contributed by atoms with Gasteiger partial charge in [0.25, 0.3) is 0 Å². The van der Waals surface area contributed by atoms with Crippen molar-refractivity contribution in [2.24, 2.45) is 0 Å². The Hall–Kier alpha value is -3.87. The van der Waals surface area contributed by atoms with Crippen molar-refractivity contribution in [3.63, 3.8) is 0 Å². The Kier molecular flexibility index (Phi) is 10.1. The van der Waals surface area contributed by atoms with Gasteiger partial charge in [-0.25, -0.2) is 8.78 Å². The number of rotatable bonds is 8. The zero-order chi connectivity index (χ0) is 24.9. The summed E-state index contributed by atoms with van der Waals surface area (Å²) in [4.78, 5) is 0. The second-order valence-corrected chi connectivity index (χ2v) is 8.57. The van der Waals surface area contributed by atoms with Gasteiger partial charge in [0.15, 0.2) is 0 Å². The van der Waals surface area contributed by atoms with Crippen molar-refractivity contribution in [2.45, 2.75) is 58.3 Å². The molecule has 3 aromatic rings. The minimum atomic E-state index is -0.623. The number of nitrogens with zero attached hydrogens (tertiary/aromatic N) is 1. The highest BCUT2D eigenvalue weighted by Gasteiger charge is 2.07. The van der Waals surface area contributed by atoms with Gasteiger partial charge in [-0.1, -0.05) is 81.3 Å². The minimum Gasteiger partial charge on any atom is -0.206 e. The van der Waals surface area contributed by atoms with Crippen LogP contribution in [0.3, 0.4) is 0 Å². The second-order valence-electron chi connectivity index (χ2n) is 8.57. The summed E-state index contributed by atoms with van der Waals surface area (Å²) < 4.78 is 29.0. The topological polar surface area (TPSA) is 23.8 Å². The third kappa shape index (κ3) is 8.45. The molecule has 0 aliphatic rings. The van der Waals surface area contributed by atoms with E-state index >= 15 is 0 Å². The summed E-state index contributed by atoms with van der Waals surface area (Å²) in [5.74, 6) is 9.86. The molecule has 0 aliphatic carbocycles. The standard InChI is InChI=1S/C32H29F2N/c1-2-3-4-5-6-7-8-9-25-10-12-26(13-11-25)18-20-29-22-32(34)30(23-31(29)33)21-19-27-14-16-28(24-35)17-15-27/h10-17,22-23H,2-9H2,1H3. The van der Waals surface area contributed by atoms with Crippen LogP contribution in [0.2, 0.25) is 0 Å². The van der Waals surface area contributed by atoms with E-state index in [4.69, 9.17) is 5.26 Å². The molecule has 0 amide bonds. The van der Waals surface area contributed by atoms with Crippen LogP contribution in [0.5, 0.6) is 0 Å². The van der Waals surface area contributed by atoms with E-state index in [0.717, 1.165) is 24.1 Å². The van der Waals surface area contributed by atoms with Crippen LogP contribution >= 0.6 is 0 Å². The Morgan fingerprint density at radius 3 is 1.57 bits per heavy atom. The normalized spacial score (nSPS) is 10.0. The Labute approximate surface area is 207 Å². The lowest BCUT2D eigenvalue weighted by atomic mass is 10.0. The van der Waals surface area contributed by atoms with Crippen molar-refractivity contribution in [3.8, 4) is 29.8 Å². The summed E-state index contributed by atoms with van der Waals surface area (Å²) in [6, 6.07) is 18.7. The number of hydrogen-bond donors (Lipinski definition) is 0. The molecule has 0 heterocycles. The summed E-state index contributed by atoms with van der Waals surface area (Å²) in [6.07, 6.45) is 10.0. The smallest absolute Gasteiger partial charge is 0.140 e. The first-order chi connectivity index (χ1) is 17.1. The minimum absolute atomic E-state index is 0.00132. The molecule has 0 aromatic heterocycles. The average molecular weight is 466 g/mol. The molecular weight excluding hydrogens is 436 g/mol. The molecule has 0 saturated heterocycles. The first kappa shape index (κ1) is 25.7. The van der Waals surface area contributed by atoms with Crippen LogP contribution < -0.4 is 0 Å². The Morgan fingerprint density at radius 2 is 1.06 bits per heavy atom. The van der Waals surface area contributed by atoms with Crippen LogP contribution in [0.4, 0.5) is 8.78 Å². The number of nitriles is 1. The maximum Gasteiger partial charge on any atom is 0.140 e. The van der Waals surface area contributed by atoms with Crippen molar-refractivity contribution in [2.75, 3.05) is 0 Å². The van der Waals surface area contributed by atoms with E-state index in [9.17, 15) is 8.78 Å². The van der Waals surface area contributed by atoms with E-state index in [2.05, 4.69) is 42.7 Å². The van der Waals surface area contributed by atoms with Crippen LogP contribution in [0, 0.1) is 46.6 Å². The van der Waals surface area contributed by atoms with Crippen LogP contribution in [0.1, 0.15) is 85.3 Å². The summed E-state index contributed by atoms with van der Waals surface area (Å²) in [6.45, 7) is 2.23. The van der Waals surface area contributed by atoms with Crippen LogP contribution in [0.25, 0.3) is 0 Å². The highest BCUT2D eigenvalue weighted by atomic mass is 19.1. The molecular formula is C32H29F2N. The van der Waals surface area contributed by atoms with E-state index in [0.29, 0.717) is 11.1 Å². The van der Waals surface area contributed by atoms with Gasteiger partial charge in [-0.15, -0.1) is 0 Å². The van der Waals surface area contributed by atoms with Gasteiger partial charge in [0.2, 0.25) is 0 Å². The van der Waals surface area contributed by atoms with E-state index in [1.807, 2.05) is 18.2 Å². The van der Waals surface area contributed by atoms with Crippen molar-refractivity contribution in [1.29, 1.82) is 5.26 Å². The maximum atomic E-state index is 14.5. The lowest BCUT2D eigenvalue weighted by Gasteiger charge is -2.03. The number of halogens is 2. The van der Waals surface area contributed by atoms with E-state index < -0.39 is 11.6 Å². The molecule has 3 rings (SSSR count). The van der Waals surface area contributed by atoms with Crippen LogP contribution in [-0.2, 0) is 6.42 Å². The number of unbranched alkanes of at least 4 members (excludes halogenated alkanes) is 6. The quantitative estimate of drug-likeness (QED) is 0.245. The van der Waals surface area contributed by atoms with Crippen molar-refractivity contribution in [1.82, 2.24) is 0 Å².